The van der Waals surface area contributed by atoms with Crippen molar-refractivity contribution in [1.29, 1.82) is 0 Å². The molecule has 0 atom stereocenters. The van der Waals surface area contributed by atoms with Crippen LogP contribution < -0.4 is 5.46 Å². The van der Waals surface area contributed by atoms with Crippen LogP contribution in [0.2, 0.25) is 5.02 Å². The van der Waals surface area contributed by atoms with Crippen molar-refractivity contribution in [3.63, 3.8) is 0 Å². The number of aromatic nitrogens is 1. The van der Waals surface area contributed by atoms with Crippen molar-refractivity contribution in [1.82, 2.24) is 4.98 Å². The predicted molar refractivity (Wildman–Crippen MR) is 71.8 cm³/mol. The molecule has 3 N–H and O–H groups in total. The Morgan fingerprint density at radius 2 is 1.95 bits per heavy atom. The third-order valence-electron chi connectivity index (χ3n) is 2.84. The first kappa shape index (κ1) is 14.2. The maximum atomic E-state index is 13.8. The zero-order valence-corrected chi connectivity index (χ0v) is 11.1. The van der Waals surface area contributed by atoms with Gasteiger partial charge in [-0.3, -0.25) is 4.98 Å². The molecule has 4 nitrogen and oxygen atoms in total. The number of hydrogen-bond acceptors (Lipinski definition) is 4. The Bertz CT molecular complexity index is 643. The molecule has 1 aromatic heterocycles. The number of fused-ring (bicyclic) bond motifs is 1. The van der Waals surface area contributed by atoms with Gasteiger partial charge in [0.05, 0.1) is 10.6 Å². The van der Waals surface area contributed by atoms with Crippen LogP contribution in [-0.2, 0) is 5.60 Å². The van der Waals surface area contributed by atoms with E-state index >= 15 is 0 Å². The Hall–Kier alpha value is -1.21. The van der Waals surface area contributed by atoms with Gasteiger partial charge in [0, 0.05) is 17.1 Å². The van der Waals surface area contributed by atoms with E-state index in [-0.39, 0.29) is 21.4 Å². The first-order valence-corrected chi connectivity index (χ1v) is 5.96. The minimum atomic E-state index is -1.80. The molecule has 0 spiro atoms. The van der Waals surface area contributed by atoms with E-state index in [0.29, 0.717) is 5.56 Å². The molecule has 0 unspecified atom stereocenters. The standard InChI is InChI=1S/C12H12BClFNO3/c1-12(2,17)8-5-16-11-7(10(8)14)3-6(13(18)19)4-9(11)15/h3-5,17-19H,1-2H3. The molecule has 0 saturated heterocycles. The van der Waals surface area contributed by atoms with Crippen LogP contribution in [0.5, 0.6) is 0 Å². The van der Waals surface area contributed by atoms with Crippen LogP contribution in [0, 0.1) is 5.82 Å². The summed E-state index contributed by atoms with van der Waals surface area (Å²) in [5.41, 5.74) is -0.905. The molecule has 2 aromatic rings. The average molecular weight is 283 g/mol. The molecule has 0 radical (unpaired) electrons. The number of hydrogen-bond donors (Lipinski definition) is 3. The van der Waals surface area contributed by atoms with Crippen molar-refractivity contribution in [3.8, 4) is 0 Å². The van der Waals surface area contributed by atoms with Crippen LogP contribution in [0.1, 0.15) is 19.4 Å². The lowest BCUT2D eigenvalue weighted by Crippen LogP contribution is -2.30. The fraction of sp³-hybridized carbons (Fsp3) is 0.250. The van der Waals surface area contributed by atoms with E-state index in [2.05, 4.69) is 4.98 Å². The SMILES string of the molecule is CC(C)(O)c1cnc2c(F)cc(B(O)O)cc2c1Cl. The molecule has 1 aromatic carbocycles. The number of rotatable bonds is 2. The van der Waals surface area contributed by atoms with Crippen LogP contribution in [0.15, 0.2) is 18.3 Å². The molecule has 0 saturated carbocycles. The molecule has 19 heavy (non-hydrogen) atoms. The highest BCUT2D eigenvalue weighted by molar-refractivity contribution is 6.59. The number of pyridine rings is 1. The van der Waals surface area contributed by atoms with Gasteiger partial charge in [-0.15, -0.1) is 0 Å². The maximum Gasteiger partial charge on any atom is 0.488 e. The highest BCUT2D eigenvalue weighted by atomic mass is 35.5. The quantitative estimate of drug-likeness (QED) is 0.717. The molecule has 0 aliphatic rings. The minimum absolute atomic E-state index is 0.0161. The summed E-state index contributed by atoms with van der Waals surface area (Å²) in [5, 5.41) is 28.5. The Labute approximate surface area is 114 Å². The summed E-state index contributed by atoms with van der Waals surface area (Å²) in [6.07, 6.45) is 1.31. The molecule has 0 bridgehead atoms. The number of aliphatic hydroxyl groups is 1. The topological polar surface area (TPSA) is 73.6 Å². The van der Waals surface area contributed by atoms with Crippen molar-refractivity contribution in [3.05, 3.63) is 34.7 Å². The molecule has 2 rings (SSSR count). The predicted octanol–water partition coefficient (Wildman–Crippen LogP) is 0.934. The van der Waals surface area contributed by atoms with Gasteiger partial charge in [-0.2, -0.15) is 0 Å². The van der Waals surface area contributed by atoms with E-state index in [1.807, 2.05) is 0 Å². The van der Waals surface area contributed by atoms with Gasteiger partial charge in [0.25, 0.3) is 0 Å². The highest BCUT2D eigenvalue weighted by Gasteiger charge is 2.24. The molecule has 1 heterocycles. The zero-order valence-electron chi connectivity index (χ0n) is 10.4. The van der Waals surface area contributed by atoms with Gasteiger partial charge < -0.3 is 15.2 Å². The molecule has 0 fully saturated rings. The third kappa shape index (κ3) is 2.57. The number of nitrogens with zero attached hydrogens (tertiary/aromatic N) is 1. The van der Waals surface area contributed by atoms with Crippen LogP contribution in [-0.4, -0.2) is 27.3 Å². The van der Waals surface area contributed by atoms with E-state index in [0.717, 1.165) is 6.07 Å². The van der Waals surface area contributed by atoms with Crippen molar-refractivity contribution in [2.45, 2.75) is 19.4 Å². The normalized spacial score (nSPS) is 11.9. The number of halogens is 2. The summed E-state index contributed by atoms with van der Waals surface area (Å²) < 4.78 is 13.8. The van der Waals surface area contributed by atoms with Crippen LogP contribution >= 0.6 is 11.6 Å². The fourth-order valence-electron chi connectivity index (χ4n) is 1.83. The molecule has 7 heteroatoms. The van der Waals surface area contributed by atoms with Crippen molar-refractivity contribution >= 4 is 35.1 Å². The van der Waals surface area contributed by atoms with Gasteiger partial charge in [-0.25, -0.2) is 4.39 Å². The molecular weight excluding hydrogens is 271 g/mol. The van der Waals surface area contributed by atoms with E-state index in [1.54, 1.807) is 0 Å². The van der Waals surface area contributed by atoms with E-state index in [1.165, 1.54) is 26.1 Å². The van der Waals surface area contributed by atoms with Gasteiger partial charge in [-0.05, 0) is 25.4 Å². The smallest absolute Gasteiger partial charge is 0.423 e. The Morgan fingerprint density at radius 3 is 2.47 bits per heavy atom. The second kappa shape index (κ2) is 4.72. The first-order chi connectivity index (χ1) is 8.71. The second-order valence-corrected chi connectivity index (χ2v) is 5.20. The Balaban J connectivity index is 2.81. The summed E-state index contributed by atoms with van der Waals surface area (Å²) in [5.74, 6) is -0.704. The Morgan fingerprint density at radius 1 is 1.32 bits per heavy atom. The van der Waals surface area contributed by atoms with Crippen LogP contribution in [0.4, 0.5) is 4.39 Å². The third-order valence-corrected chi connectivity index (χ3v) is 3.25. The van der Waals surface area contributed by atoms with Gasteiger partial charge in [0.2, 0.25) is 0 Å². The van der Waals surface area contributed by atoms with Gasteiger partial charge in [0.1, 0.15) is 11.3 Å². The average Bonchev–Trinajstić information content (AvgIpc) is 2.28. The summed E-state index contributed by atoms with van der Waals surface area (Å²) in [7, 11) is -1.80. The first-order valence-electron chi connectivity index (χ1n) is 5.58. The van der Waals surface area contributed by atoms with Crippen LogP contribution in [0.3, 0.4) is 0 Å². The van der Waals surface area contributed by atoms with Crippen molar-refractivity contribution in [2.75, 3.05) is 0 Å². The summed E-state index contributed by atoms with van der Waals surface area (Å²) >= 11 is 6.14. The lowest BCUT2D eigenvalue weighted by Gasteiger charge is -2.20. The molecular formula is C12H12BClFNO3. The zero-order chi connectivity index (χ0) is 14.4. The monoisotopic (exact) mass is 283 g/mol. The van der Waals surface area contributed by atoms with Crippen LogP contribution in [0.25, 0.3) is 10.9 Å². The van der Waals surface area contributed by atoms with Crippen molar-refractivity contribution in [2.24, 2.45) is 0 Å². The lowest BCUT2D eigenvalue weighted by atomic mass is 9.79. The molecule has 100 valence electrons. The molecule has 0 amide bonds. The van der Waals surface area contributed by atoms with Gasteiger partial charge in [0.15, 0.2) is 0 Å². The molecule has 0 aliphatic heterocycles. The second-order valence-electron chi connectivity index (χ2n) is 4.82. The van der Waals surface area contributed by atoms with E-state index in [4.69, 9.17) is 21.6 Å². The largest absolute Gasteiger partial charge is 0.488 e. The minimum Gasteiger partial charge on any atom is -0.423 e. The highest BCUT2D eigenvalue weighted by Crippen LogP contribution is 2.32. The summed E-state index contributed by atoms with van der Waals surface area (Å²) in [6.45, 7) is 3.06. The summed E-state index contributed by atoms with van der Waals surface area (Å²) in [4.78, 5) is 3.93. The number of benzene rings is 1. The fourth-order valence-corrected chi connectivity index (χ4v) is 2.25. The lowest BCUT2D eigenvalue weighted by molar-refractivity contribution is 0.0785. The summed E-state index contributed by atoms with van der Waals surface area (Å²) in [6, 6.07) is 2.33. The maximum absolute atomic E-state index is 13.8. The van der Waals surface area contributed by atoms with Gasteiger partial charge >= 0.3 is 7.12 Å². The van der Waals surface area contributed by atoms with Gasteiger partial charge in [-0.1, -0.05) is 17.7 Å². The Kier molecular flexibility index (Phi) is 3.53. The van der Waals surface area contributed by atoms with E-state index in [9.17, 15) is 9.50 Å². The van der Waals surface area contributed by atoms with Crippen molar-refractivity contribution < 1.29 is 19.5 Å². The molecule has 0 aliphatic carbocycles. The van der Waals surface area contributed by atoms with E-state index < -0.39 is 18.5 Å².